The zero-order chi connectivity index (χ0) is 11.7. The summed E-state index contributed by atoms with van der Waals surface area (Å²) >= 11 is 0. The van der Waals surface area contributed by atoms with E-state index in [-0.39, 0.29) is 11.8 Å². The Hall–Kier alpha value is -1.88. The van der Waals surface area contributed by atoms with Crippen LogP contribution in [0, 0.1) is 0 Å². The first-order valence-corrected chi connectivity index (χ1v) is 5.06. The van der Waals surface area contributed by atoms with Crippen molar-refractivity contribution in [1.29, 1.82) is 0 Å². The lowest BCUT2D eigenvalue weighted by atomic mass is 10.1. The molecule has 0 aromatic heterocycles. The maximum Gasteiger partial charge on any atom is 0.251 e. The van der Waals surface area contributed by atoms with Gasteiger partial charge in [0.15, 0.2) is 0 Å². The highest BCUT2D eigenvalue weighted by Gasteiger charge is 2.22. The van der Waals surface area contributed by atoms with Crippen LogP contribution in [0.5, 0.6) is 0 Å². The predicted molar refractivity (Wildman–Crippen MR) is 59.9 cm³/mol. The van der Waals surface area contributed by atoms with E-state index in [0.717, 1.165) is 5.56 Å². The zero-order valence-corrected chi connectivity index (χ0v) is 8.91. The summed E-state index contributed by atoms with van der Waals surface area (Å²) in [5.74, 6) is -0.361. The fraction of sp³-hybridized carbons (Fsp3) is 0.273. The molecule has 5 heteroatoms. The van der Waals surface area contributed by atoms with Crippen LogP contribution in [0.25, 0.3) is 0 Å². The molecular weight excluding hydrogens is 206 g/mol. The summed E-state index contributed by atoms with van der Waals surface area (Å²) in [5, 5.41) is 5.41. The van der Waals surface area contributed by atoms with Gasteiger partial charge < -0.3 is 16.4 Å². The summed E-state index contributed by atoms with van der Waals surface area (Å²) < 4.78 is 0. The number of hydrogen-bond acceptors (Lipinski definition) is 3. The van der Waals surface area contributed by atoms with Gasteiger partial charge in [0.25, 0.3) is 5.91 Å². The molecule has 1 aromatic carbocycles. The van der Waals surface area contributed by atoms with Gasteiger partial charge in [-0.05, 0) is 19.1 Å². The van der Waals surface area contributed by atoms with E-state index in [1.54, 1.807) is 25.1 Å². The highest BCUT2D eigenvalue weighted by molar-refractivity contribution is 6.02. The minimum absolute atomic E-state index is 0.105. The minimum Gasteiger partial charge on any atom is -0.348 e. The van der Waals surface area contributed by atoms with E-state index in [1.165, 1.54) is 0 Å². The number of hydrogen-bond donors (Lipinski definition) is 3. The fourth-order valence-corrected chi connectivity index (χ4v) is 1.62. The van der Waals surface area contributed by atoms with Gasteiger partial charge in [0, 0.05) is 23.4 Å². The number of rotatable bonds is 2. The first kappa shape index (κ1) is 10.6. The van der Waals surface area contributed by atoms with Crippen LogP contribution in [0.1, 0.15) is 22.8 Å². The Kier molecular flexibility index (Phi) is 2.62. The van der Waals surface area contributed by atoms with Gasteiger partial charge in [0.2, 0.25) is 5.91 Å². The lowest BCUT2D eigenvalue weighted by Gasteiger charge is -2.10. The van der Waals surface area contributed by atoms with Crippen molar-refractivity contribution >= 4 is 17.5 Å². The molecule has 4 N–H and O–H groups in total. The van der Waals surface area contributed by atoms with Crippen LogP contribution in [0.4, 0.5) is 5.69 Å². The third-order valence-corrected chi connectivity index (χ3v) is 2.52. The second kappa shape index (κ2) is 3.94. The topological polar surface area (TPSA) is 84.2 Å². The highest BCUT2D eigenvalue weighted by Crippen LogP contribution is 2.24. The molecule has 1 aromatic rings. The molecule has 2 rings (SSSR count). The number of anilines is 1. The Morgan fingerprint density at radius 3 is 3.00 bits per heavy atom. The molecule has 0 saturated heterocycles. The van der Waals surface area contributed by atoms with Crippen molar-refractivity contribution in [3.63, 3.8) is 0 Å². The number of nitrogens with two attached hydrogens (primary N) is 1. The predicted octanol–water partition coefficient (Wildman–Crippen LogP) is 0.216. The second-order valence-electron chi connectivity index (χ2n) is 3.79. The van der Waals surface area contributed by atoms with Crippen LogP contribution < -0.4 is 16.4 Å². The lowest BCUT2D eigenvalue weighted by Crippen LogP contribution is -2.32. The number of carbonyl (C=O) groups is 2. The lowest BCUT2D eigenvalue weighted by molar-refractivity contribution is -0.117. The van der Waals surface area contributed by atoms with E-state index < -0.39 is 6.04 Å². The van der Waals surface area contributed by atoms with E-state index >= 15 is 0 Å². The summed E-state index contributed by atoms with van der Waals surface area (Å²) in [6.45, 7) is 2.06. The van der Waals surface area contributed by atoms with Gasteiger partial charge in [0.1, 0.15) is 0 Å². The molecule has 16 heavy (non-hydrogen) atoms. The largest absolute Gasteiger partial charge is 0.348 e. The van der Waals surface area contributed by atoms with Gasteiger partial charge in [-0.3, -0.25) is 9.59 Å². The molecule has 0 spiro atoms. The Bertz CT molecular complexity index is 455. The smallest absolute Gasteiger partial charge is 0.251 e. The van der Waals surface area contributed by atoms with Crippen molar-refractivity contribution in [2.45, 2.75) is 19.5 Å². The quantitative estimate of drug-likeness (QED) is 0.665. The van der Waals surface area contributed by atoms with E-state index in [0.29, 0.717) is 17.8 Å². The van der Waals surface area contributed by atoms with Crippen LogP contribution in [0.15, 0.2) is 18.2 Å². The standard InChI is InChI=1S/C11H13N3O2/c1-6(12)10(15)14-9-4-2-3-7-8(9)5-13-11(7)16/h2-4,6H,5,12H2,1H3,(H,13,16)(H,14,15)/t6-/m0/s1. The number of amides is 2. The average molecular weight is 219 g/mol. The monoisotopic (exact) mass is 219 g/mol. The summed E-state index contributed by atoms with van der Waals surface area (Å²) in [6, 6.07) is 4.67. The van der Waals surface area contributed by atoms with Gasteiger partial charge in [-0.15, -0.1) is 0 Å². The van der Waals surface area contributed by atoms with Gasteiger partial charge in [0.05, 0.1) is 6.04 Å². The molecule has 1 heterocycles. The molecule has 1 aliphatic rings. The Balaban J connectivity index is 2.30. The summed E-state index contributed by atoms with van der Waals surface area (Å²) in [7, 11) is 0. The maximum atomic E-state index is 11.5. The molecule has 0 radical (unpaired) electrons. The second-order valence-corrected chi connectivity index (χ2v) is 3.79. The number of nitrogens with one attached hydrogen (secondary N) is 2. The van der Waals surface area contributed by atoms with E-state index in [2.05, 4.69) is 10.6 Å². The number of benzene rings is 1. The summed E-state index contributed by atoms with van der Waals surface area (Å²) in [5.41, 5.74) is 7.55. The van der Waals surface area contributed by atoms with Crippen molar-refractivity contribution in [3.05, 3.63) is 29.3 Å². The van der Waals surface area contributed by atoms with Crippen LogP contribution >= 0.6 is 0 Å². The van der Waals surface area contributed by atoms with Gasteiger partial charge >= 0.3 is 0 Å². The van der Waals surface area contributed by atoms with Crippen molar-refractivity contribution < 1.29 is 9.59 Å². The molecule has 5 nitrogen and oxygen atoms in total. The van der Waals surface area contributed by atoms with Crippen molar-refractivity contribution in [3.8, 4) is 0 Å². The van der Waals surface area contributed by atoms with Crippen LogP contribution in [0.3, 0.4) is 0 Å². The third kappa shape index (κ3) is 1.77. The van der Waals surface area contributed by atoms with E-state index in [4.69, 9.17) is 5.73 Å². The summed E-state index contributed by atoms with van der Waals surface area (Å²) in [4.78, 5) is 22.8. The maximum absolute atomic E-state index is 11.5. The first-order valence-electron chi connectivity index (χ1n) is 5.06. The van der Waals surface area contributed by atoms with Crippen LogP contribution in [-0.2, 0) is 11.3 Å². The Labute approximate surface area is 93.0 Å². The molecule has 1 atom stereocenters. The molecule has 0 bridgehead atoms. The molecule has 1 aliphatic heterocycles. The van der Waals surface area contributed by atoms with Crippen molar-refractivity contribution in [1.82, 2.24) is 5.32 Å². The van der Waals surface area contributed by atoms with Gasteiger partial charge in [-0.1, -0.05) is 6.07 Å². The molecule has 0 unspecified atom stereocenters. The first-order chi connectivity index (χ1) is 7.59. The summed E-state index contributed by atoms with van der Waals surface area (Å²) in [6.07, 6.45) is 0. The Morgan fingerprint density at radius 1 is 1.56 bits per heavy atom. The molecule has 84 valence electrons. The zero-order valence-electron chi connectivity index (χ0n) is 8.91. The van der Waals surface area contributed by atoms with Crippen molar-refractivity contribution in [2.24, 2.45) is 5.73 Å². The molecular formula is C11H13N3O2. The van der Waals surface area contributed by atoms with Crippen LogP contribution in [0.2, 0.25) is 0 Å². The minimum atomic E-state index is -0.569. The van der Waals surface area contributed by atoms with Gasteiger partial charge in [-0.25, -0.2) is 0 Å². The molecule has 0 fully saturated rings. The fourth-order valence-electron chi connectivity index (χ4n) is 1.62. The third-order valence-electron chi connectivity index (χ3n) is 2.52. The van der Waals surface area contributed by atoms with E-state index in [9.17, 15) is 9.59 Å². The molecule has 2 amide bonds. The number of fused-ring (bicyclic) bond motifs is 1. The van der Waals surface area contributed by atoms with Crippen molar-refractivity contribution in [2.75, 3.05) is 5.32 Å². The highest BCUT2D eigenvalue weighted by atomic mass is 16.2. The van der Waals surface area contributed by atoms with Crippen LogP contribution in [-0.4, -0.2) is 17.9 Å². The average Bonchev–Trinajstić information content (AvgIpc) is 2.62. The molecule has 0 saturated carbocycles. The van der Waals surface area contributed by atoms with E-state index in [1.807, 2.05) is 0 Å². The SMILES string of the molecule is C[C@H](N)C(=O)Nc1cccc2c1CNC2=O. The van der Waals surface area contributed by atoms with Gasteiger partial charge in [-0.2, -0.15) is 0 Å². The molecule has 0 aliphatic carbocycles. The normalized spacial score (nSPS) is 15.2. The Morgan fingerprint density at radius 2 is 2.31 bits per heavy atom. The number of carbonyl (C=O) groups excluding carboxylic acids is 2.